The Kier molecular flexibility index (Phi) is 4.71. The maximum Gasteiger partial charge on any atom is 0.229 e. The number of nitrogens with zero attached hydrogens (tertiary/aromatic N) is 2. The van der Waals surface area contributed by atoms with Crippen LogP contribution in [0.2, 0.25) is 0 Å². The molecule has 2 N–H and O–H groups in total. The van der Waals surface area contributed by atoms with Gasteiger partial charge in [-0.2, -0.15) is 4.98 Å². The number of hydrogen-bond acceptors (Lipinski definition) is 4. The number of hydrogen-bond donors (Lipinski definition) is 2. The Balaban J connectivity index is 1.66. The van der Waals surface area contributed by atoms with E-state index in [1.807, 2.05) is 42.5 Å². The second-order valence-corrected chi connectivity index (χ2v) is 6.68. The summed E-state index contributed by atoms with van der Waals surface area (Å²) in [6, 6.07) is 24.6. The molecule has 134 valence electrons. The number of para-hydroxylation sites is 1. The SMILES string of the molecule is Cc1ccc(Nc2nc(NCc3ccccc3)c3ccccc3n2)cc1C. The van der Waals surface area contributed by atoms with E-state index in [0.29, 0.717) is 12.5 Å². The van der Waals surface area contributed by atoms with Crippen LogP contribution in [0.25, 0.3) is 10.9 Å². The molecule has 0 aliphatic heterocycles. The van der Waals surface area contributed by atoms with Crippen LogP contribution in [0.5, 0.6) is 0 Å². The van der Waals surface area contributed by atoms with Gasteiger partial charge in [-0.15, -0.1) is 0 Å². The van der Waals surface area contributed by atoms with Crippen LogP contribution in [0.4, 0.5) is 17.5 Å². The molecule has 4 nitrogen and oxygen atoms in total. The van der Waals surface area contributed by atoms with Crippen molar-refractivity contribution in [3.63, 3.8) is 0 Å². The van der Waals surface area contributed by atoms with Crippen molar-refractivity contribution in [3.05, 3.63) is 89.5 Å². The third-order valence-electron chi connectivity index (χ3n) is 4.67. The lowest BCUT2D eigenvalue weighted by atomic mass is 10.1. The number of rotatable bonds is 5. The summed E-state index contributed by atoms with van der Waals surface area (Å²) < 4.78 is 0. The van der Waals surface area contributed by atoms with E-state index in [-0.39, 0.29) is 0 Å². The first-order valence-corrected chi connectivity index (χ1v) is 9.08. The average molecular weight is 354 g/mol. The summed E-state index contributed by atoms with van der Waals surface area (Å²) in [6.45, 7) is 4.93. The second-order valence-electron chi connectivity index (χ2n) is 6.68. The lowest BCUT2D eigenvalue weighted by Gasteiger charge is -2.12. The summed E-state index contributed by atoms with van der Waals surface area (Å²) in [4.78, 5) is 9.41. The molecule has 0 bridgehead atoms. The Hall–Kier alpha value is -3.40. The van der Waals surface area contributed by atoms with Crippen molar-refractivity contribution < 1.29 is 0 Å². The first-order chi connectivity index (χ1) is 13.2. The van der Waals surface area contributed by atoms with Crippen LogP contribution in [0.15, 0.2) is 72.8 Å². The van der Waals surface area contributed by atoms with E-state index in [9.17, 15) is 0 Å². The highest BCUT2D eigenvalue weighted by Gasteiger charge is 2.08. The topological polar surface area (TPSA) is 49.8 Å². The first kappa shape index (κ1) is 17.0. The van der Waals surface area contributed by atoms with E-state index in [2.05, 4.69) is 59.8 Å². The predicted octanol–water partition coefficient (Wildman–Crippen LogP) is 5.60. The Morgan fingerprint density at radius 3 is 2.37 bits per heavy atom. The monoisotopic (exact) mass is 354 g/mol. The van der Waals surface area contributed by atoms with E-state index >= 15 is 0 Å². The minimum absolute atomic E-state index is 0.590. The van der Waals surface area contributed by atoms with Crippen molar-refractivity contribution in [2.24, 2.45) is 0 Å². The zero-order chi connectivity index (χ0) is 18.6. The molecule has 0 aliphatic carbocycles. The fourth-order valence-electron chi connectivity index (χ4n) is 3.00. The molecule has 0 spiro atoms. The number of anilines is 3. The number of fused-ring (bicyclic) bond motifs is 1. The van der Waals surface area contributed by atoms with E-state index in [1.165, 1.54) is 16.7 Å². The zero-order valence-corrected chi connectivity index (χ0v) is 15.5. The number of nitrogens with one attached hydrogen (secondary N) is 2. The van der Waals surface area contributed by atoms with Crippen molar-refractivity contribution in [3.8, 4) is 0 Å². The predicted molar refractivity (Wildman–Crippen MR) is 113 cm³/mol. The minimum atomic E-state index is 0.590. The Bertz CT molecular complexity index is 1070. The third-order valence-corrected chi connectivity index (χ3v) is 4.67. The molecular weight excluding hydrogens is 332 g/mol. The second kappa shape index (κ2) is 7.46. The van der Waals surface area contributed by atoms with Crippen molar-refractivity contribution in [1.29, 1.82) is 0 Å². The zero-order valence-electron chi connectivity index (χ0n) is 15.5. The van der Waals surface area contributed by atoms with E-state index in [4.69, 9.17) is 4.98 Å². The summed E-state index contributed by atoms with van der Waals surface area (Å²) in [7, 11) is 0. The molecule has 0 amide bonds. The molecule has 4 heteroatoms. The molecule has 1 heterocycles. The Morgan fingerprint density at radius 2 is 1.56 bits per heavy atom. The highest BCUT2D eigenvalue weighted by molar-refractivity contribution is 5.90. The van der Waals surface area contributed by atoms with Gasteiger partial charge < -0.3 is 10.6 Å². The van der Waals surface area contributed by atoms with Gasteiger partial charge in [-0.05, 0) is 54.8 Å². The van der Waals surface area contributed by atoms with E-state index in [1.54, 1.807) is 0 Å². The van der Waals surface area contributed by atoms with Crippen molar-refractivity contribution >= 4 is 28.4 Å². The van der Waals surface area contributed by atoms with Gasteiger partial charge in [0.05, 0.1) is 5.52 Å². The molecule has 0 radical (unpaired) electrons. The van der Waals surface area contributed by atoms with Gasteiger partial charge in [0, 0.05) is 17.6 Å². The van der Waals surface area contributed by atoms with E-state index in [0.717, 1.165) is 22.4 Å². The fourth-order valence-corrected chi connectivity index (χ4v) is 3.00. The van der Waals surface area contributed by atoms with Gasteiger partial charge in [0.1, 0.15) is 5.82 Å². The lowest BCUT2D eigenvalue weighted by molar-refractivity contribution is 1.10. The normalized spacial score (nSPS) is 10.7. The highest BCUT2D eigenvalue weighted by atomic mass is 15.1. The lowest BCUT2D eigenvalue weighted by Crippen LogP contribution is -2.05. The molecule has 4 aromatic rings. The molecular formula is C23H22N4. The quantitative estimate of drug-likeness (QED) is 0.489. The summed E-state index contributed by atoms with van der Waals surface area (Å²) in [5, 5.41) is 7.81. The Morgan fingerprint density at radius 1 is 0.778 bits per heavy atom. The molecule has 0 fully saturated rings. The molecule has 4 rings (SSSR count). The molecule has 0 aliphatic rings. The van der Waals surface area contributed by atoms with Crippen LogP contribution in [-0.2, 0) is 6.54 Å². The summed E-state index contributed by atoms with van der Waals surface area (Å²) in [5.74, 6) is 1.42. The molecule has 1 aromatic heterocycles. The summed E-state index contributed by atoms with van der Waals surface area (Å²) >= 11 is 0. The van der Waals surface area contributed by atoms with Crippen LogP contribution in [0.1, 0.15) is 16.7 Å². The van der Waals surface area contributed by atoms with Gasteiger partial charge in [0.2, 0.25) is 5.95 Å². The first-order valence-electron chi connectivity index (χ1n) is 9.08. The molecule has 3 aromatic carbocycles. The van der Waals surface area contributed by atoms with Gasteiger partial charge in [-0.3, -0.25) is 0 Å². The van der Waals surface area contributed by atoms with Crippen LogP contribution >= 0.6 is 0 Å². The van der Waals surface area contributed by atoms with E-state index < -0.39 is 0 Å². The van der Waals surface area contributed by atoms with Crippen LogP contribution in [0, 0.1) is 13.8 Å². The standard InChI is InChI=1S/C23H22N4/c1-16-12-13-19(14-17(16)2)25-23-26-21-11-7-6-10-20(21)22(27-23)24-15-18-8-4-3-5-9-18/h3-14H,15H2,1-2H3,(H2,24,25,26,27). The highest BCUT2D eigenvalue weighted by Crippen LogP contribution is 2.24. The van der Waals surface area contributed by atoms with Crippen molar-refractivity contribution in [2.45, 2.75) is 20.4 Å². The van der Waals surface area contributed by atoms with Crippen LogP contribution in [0.3, 0.4) is 0 Å². The van der Waals surface area contributed by atoms with Gasteiger partial charge in [-0.1, -0.05) is 48.5 Å². The van der Waals surface area contributed by atoms with Crippen LogP contribution in [-0.4, -0.2) is 9.97 Å². The third kappa shape index (κ3) is 3.90. The van der Waals surface area contributed by atoms with Gasteiger partial charge in [0.15, 0.2) is 0 Å². The maximum absolute atomic E-state index is 4.73. The fraction of sp³-hybridized carbons (Fsp3) is 0.130. The molecule has 0 saturated heterocycles. The molecule has 0 atom stereocenters. The number of aryl methyl sites for hydroxylation is 2. The summed E-state index contributed by atoms with van der Waals surface area (Å²) in [6.07, 6.45) is 0. The van der Waals surface area contributed by atoms with Crippen LogP contribution < -0.4 is 10.6 Å². The summed E-state index contributed by atoms with van der Waals surface area (Å²) in [5.41, 5.74) is 5.62. The maximum atomic E-state index is 4.73. The molecule has 0 saturated carbocycles. The smallest absolute Gasteiger partial charge is 0.229 e. The molecule has 0 unspecified atom stereocenters. The van der Waals surface area contributed by atoms with Gasteiger partial charge in [0.25, 0.3) is 0 Å². The van der Waals surface area contributed by atoms with Crippen molar-refractivity contribution in [1.82, 2.24) is 9.97 Å². The number of benzene rings is 3. The van der Waals surface area contributed by atoms with Gasteiger partial charge in [-0.25, -0.2) is 4.98 Å². The minimum Gasteiger partial charge on any atom is -0.365 e. The molecule has 27 heavy (non-hydrogen) atoms. The van der Waals surface area contributed by atoms with Gasteiger partial charge >= 0.3 is 0 Å². The number of aromatic nitrogens is 2. The largest absolute Gasteiger partial charge is 0.365 e. The average Bonchev–Trinajstić information content (AvgIpc) is 2.70. The van der Waals surface area contributed by atoms with Crippen molar-refractivity contribution in [2.75, 3.05) is 10.6 Å². The Labute approximate surface area is 159 Å².